The molecule has 1 aromatic carbocycles. The normalized spacial score (nSPS) is 11.8. The third kappa shape index (κ3) is 2.31. The number of fused-ring (bicyclic) bond motifs is 1. The van der Waals surface area contributed by atoms with Crippen LogP contribution in [0, 0.1) is 0 Å². The number of ether oxygens (including phenoxy) is 1. The van der Waals surface area contributed by atoms with Gasteiger partial charge in [0.2, 0.25) is 0 Å². The summed E-state index contributed by atoms with van der Waals surface area (Å²) in [5.74, 6) is 1.15. The summed E-state index contributed by atoms with van der Waals surface area (Å²) in [4.78, 5) is 7.97. The van der Waals surface area contributed by atoms with Gasteiger partial charge in [-0.2, -0.15) is 0 Å². The van der Waals surface area contributed by atoms with E-state index in [1.165, 1.54) is 0 Å². The number of hydrogen-bond donors (Lipinski definition) is 0. The standard InChI is InChI=1S/C12H12Cl2N2O/c1-12(2,14)11-15-9-7(10(13)16-11)5-4-6-8(9)17-3/h4-6H,1-3H3. The lowest BCUT2D eigenvalue weighted by molar-refractivity contribution is 0.418. The molecule has 0 saturated carbocycles. The van der Waals surface area contributed by atoms with Crippen molar-refractivity contribution in [1.82, 2.24) is 9.97 Å². The van der Waals surface area contributed by atoms with E-state index in [0.29, 0.717) is 22.2 Å². The van der Waals surface area contributed by atoms with Crippen LogP contribution in [-0.4, -0.2) is 17.1 Å². The van der Waals surface area contributed by atoms with Crippen LogP contribution in [0.25, 0.3) is 10.9 Å². The number of aromatic nitrogens is 2. The molecule has 0 aliphatic heterocycles. The Morgan fingerprint density at radius 2 is 1.94 bits per heavy atom. The molecule has 5 heteroatoms. The van der Waals surface area contributed by atoms with E-state index in [0.717, 1.165) is 5.39 Å². The van der Waals surface area contributed by atoms with E-state index in [4.69, 9.17) is 27.9 Å². The fraction of sp³-hybridized carbons (Fsp3) is 0.333. The number of hydrogen-bond acceptors (Lipinski definition) is 3. The zero-order valence-electron chi connectivity index (χ0n) is 9.79. The molecule has 17 heavy (non-hydrogen) atoms. The zero-order valence-corrected chi connectivity index (χ0v) is 11.3. The smallest absolute Gasteiger partial charge is 0.151 e. The van der Waals surface area contributed by atoms with Gasteiger partial charge < -0.3 is 4.74 Å². The van der Waals surface area contributed by atoms with Crippen LogP contribution < -0.4 is 4.74 Å². The van der Waals surface area contributed by atoms with Crippen molar-refractivity contribution in [2.24, 2.45) is 0 Å². The number of benzene rings is 1. The molecule has 0 amide bonds. The monoisotopic (exact) mass is 270 g/mol. The highest BCUT2D eigenvalue weighted by Crippen LogP contribution is 2.32. The zero-order chi connectivity index (χ0) is 12.6. The molecule has 0 atom stereocenters. The van der Waals surface area contributed by atoms with Crippen molar-refractivity contribution in [1.29, 1.82) is 0 Å². The molecule has 3 nitrogen and oxygen atoms in total. The van der Waals surface area contributed by atoms with Crippen LogP contribution in [0.15, 0.2) is 18.2 Å². The molecule has 0 unspecified atom stereocenters. The van der Waals surface area contributed by atoms with Crippen LogP contribution >= 0.6 is 23.2 Å². The molecule has 0 aliphatic rings. The van der Waals surface area contributed by atoms with Crippen molar-refractivity contribution in [2.45, 2.75) is 18.7 Å². The first-order valence-corrected chi connectivity index (χ1v) is 5.88. The number of methoxy groups -OCH3 is 1. The molecule has 2 rings (SSSR count). The molecule has 1 heterocycles. The largest absolute Gasteiger partial charge is 0.494 e. The third-order valence-electron chi connectivity index (χ3n) is 2.39. The van der Waals surface area contributed by atoms with Crippen LogP contribution in [0.3, 0.4) is 0 Å². The average molecular weight is 271 g/mol. The summed E-state index contributed by atoms with van der Waals surface area (Å²) in [6, 6.07) is 5.53. The van der Waals surface area contributed by atoms with Gasteiger partial charge in [0.05, 0.1) is 12.0 Å². The maximum Gasteiger partial charge on any atom is 0.151 e. The minimum Gasteiger partial charge on any atom is -0.494 e. The fourth-order valence-electron chi connectivity index (χ4n) is 1.52. The molecular formula is C12H12Cl2N2O. The molecule has 0 N–H and O–H groups in total. The second kappa shape index (κ2) is 4.31. The quantitative estimate of drug-likeness (QED) is 0.616. The summed E-state index contributed by atoms with van der Waals surface area (Å²) >= 11 is 12.3. The van der Waals surface area contributed by atoms with Crippen LogP contribution in [-0.2, 0) is 4.87 Å². The molecule has 2 aromatic rings. The molecule has 0 bridgehead atoms. The lowest BCUT2D eigenvalue weighted by Crippen LogP contribution is -2.13. The van der Waals surface area contributed by atoms with E-state index < -0.39 is 4.87 Å². The highest BCUT2D eigenvalue weighted by Gasteiger charge is 2.22. The maximum atomic E-state index is 6.20. The third-order valence-corrected chi connectivity index (χ3v) is 2.85. The van der Waals surface area contributed by atoms with Crippen molar-refractivity contribution in [3.8, 4) is 5.75 Å². The minimum absolute atomic E-state index is 0.387. The van der Waals surface area contributed by atoms with Crippen LogP contribution in [0.1, 0.15) is 19.7 Å². The summed E-state index contributed by atoms with van der Waals surface area (Å²) in [5.41, 5.74) is 0.679. The van der Waals surface area contributed by atoms with Gasteiger partial charge in [0.25, 0.3) is 0 Å². The minimum atomic E-state index is -0.668. The highest BCUT2D eigenvalue weighted by atomic mass is 35.5. The topological polar surface area (TPSA) is 35.0 Å². The SMILES string of the molecule is COc1cccc2c(Cl)nc(C(C)(C)Cl)nc12. The predicted octanol–water partition coefficient (Wildman–Crippen LogP) is 3.77. The summed E-state index contributed by atoms with van der Waals surface area (Å²) in [6.45, 7) is 3.64. The number of rotatable bonds is 2. The highest BCUT2D eigenvalue weighted by molar-refractivity contribution is 6.34. The Morgan fingerprint density at radius 3 is 2.53 bits per heavy atom. The first kappa shape index (κ1) is 12.4. The Hall–Kier alpha value is -1.06. The van der Waals surface area contributed by atoms with Crippen molar-refractivity contribution < 1.29 is 4.74 Å². The fourth-order valence-corrected chi connectivity index (χ4v) is 1.84. The Bertz CT molecular complexity index is 564. The van der Waals surface area contributed by atoms with Crippen molar-refractivity contribution in [2.75, 3.05) is 7.11 Å². The number of nitrogens with zero attached hydrogens (tertiary/aromatic N) is 2. The van der Waals surface area contributed by atoms with Gasteiger partial charge in [0.15, 0.2) is 5.82 Å². The lowest BCUT2D eigenvalue weighted by Gasteiger charge is -2.15. The second-order valence-corrected chi connectivity index (χ2v) is 5.47. The number of para-hydroxylation sites is 1. The van der Waals surface area contributed by atoms with Gasteiger partial charge in [-0.25, -0.2) is 9.97 Å². The molecule has 0 spiro atoms. The Balaban J connectivity index is 2.79. The van der Waals surface area contributed by atoms with Gasteiger partial charge in [0, 0.05) is 5.39 Å². The van der Waals surface area contributed by atoms with Gasteiger partial charge in [-0.1, -0.05) is 17.7 Å². The van der Waals surface area contributed by atoms with Gasteiger partial charge in [-0.05, 0) is 26.0 Å². The van der Waals surface area contributed by atoms with Crippen molar-refractivity contribution in [3.05, 3.63) is 29.2 Å². The predicted molar refractivity (Wildman–Crippen MR) is 70.0 cm³/mol. The van der Waals surface area contributed by atoms with Crippen LogP contribution in [0.2, 0.25) is 5.15 Å². The Morgan fingerprint density at radius 1 is 1.24 bits per heavy atom. The van der Waals surface area contributed by atoms with Gasteiger partial charge in [-0.15, -0.1) is 11.6 Å². The average Bonchev–Trinajstić information content (AvgIpc) is 2.27. The second-order valence-electron chi connectivity index (χ2n) is 4.17. The van der Waals surface area contributed by atoms with Crippen molar-refractivity contribution >= 4 is 34.1 Å². The van der Waals surface area contributed by atoms with Gasteiger partial charge >= 0.3 is 0 Å². The van der Waals surface area contributed by atoms with E-state index >= 15 is 0 Å². The lowest BCUT2D eigenvalue weighted by atomic mass is 10.1. The summed E-state index contributed by atoms with van der Waals surface area (Å²) in [6.07, 6.45) is 0. The molecule has 90 valence electrons. The molecule has 0 radical (unpaired) electrons. The molecule has 1 aromatic heterocycles. The molecular weight excluding hydrogens is 259 g/mol. The van der Waals surface area contributed by atoms with Crippen LogP contribution in [0.5, 0.6) is 5.75 Å². The van der Waals surface area contributed by atoms with E-state index in [2.05, 4.69) is 9.97 Å². The summed E-state index contributed by atoms with van der Waals surface area (Å²) < 4.78 is 5.26. The van der Waals surface area contributed by atoms with E-state index in [9.17, 15) is 0 Å². The van der Waals surface area contributed by atoms with E-state index in [1.54, 1.807) is 7.11 Å². The molecule has 0 aliphatic carbocycles. The van der Waals surface area contributed by atoms with E-state index in [1.807, 2.05) is 32.0 Å². The number of halogens is 2. The van der Waals surface area contributed by atoms with Gasteiger partial charge in [0.1, 0.15) is 16.4 Å². The van der Waals surface area contributed by atoms with Gasteiger partial charge in [-0.3, -0.25) is 0 Å². The Labute approximate surface area is 110 Å². The molecule has 0 fully saturated rings. The van der Waals surface area contributed by atoms with Crippen molar-refractivity contribution in [3.63, 3.8) is 0 Å². The first-order valence-electron chi connectivity index (χ1n) is 5.13. The van der Waals surface area contributed by atoms with Crippen LogP contribution in [0.4, 0.5) is 0 Å². The summed E-state index contributed by atoms with van der Waals surface area (Å²) in [5, 5.41) is 1.15. The summed E-state index contributed by atoms with van der Waals surface area (Å²) in [7, 11) is 1.59. The maximum absolute atomic E-state index is 6.20. The first-order chi connectivity index (χ1) is 7.93. The number of alkyl halides is 1. The molecule has 0 saturated heterocycles. The Kier molecular flexibility index (Phi) is 3.15. The van der Waals surface area contributed by atoms with E-state index in [-0.39, 0.29) is 0 Å².